The lowest BCUT2D eigenvalue weighted by Crippen LogP contribution is -2.59. The van der Waals surface area contributed by atoms with Crippen molar-refractivity contribution in [2.24, 2.45) is 44.4 Å². The van der Waals surface area contributed by atoms with Crippen LogP contribution < -0.4 is 55.7 Å². The van der Waals surface area contributed by atoms with Gasteiger partial charge in [-0.25, -0.2) is 4.79 Å². The number of rotatable bonds is 22. The zero-order chi connectivity index (χ0) is 33.8. The van der Waals surface area contributed by atoms with Gasteiger partial charge in [-0.2, -0.15) is 25.3 Å². The van der Waals surface area contributed by atoms with Crippen molar-refractivity contribution in [1.29, 1.82) is 0 Å². The topological polar surface area (TPSA) is 352 Å². The molecule has 0 aliphatic rings. The van der Waals surface area contributed by atoms with Crippen LogP contribution in [0.5, 0.6) is 0 Å². The molecule has 0 saturated heterocycles. The molecule has 0 aliphatic heterocycles. The van der Waals surface area contributed by atoms with Gasteiger partial charge in [0.25, 0.3) is 0 Å². The molecule has 19 nitrogen and oxygen atoms in total. The molecular formula is C23H44N12O7S2. The standard InChI is InChI=1S/C23H44N12O7S2/c24-11(3-1-7-30-22(26)27)17(37)32-12(4-2-8-31-23(28)29)18(38)34-14(9-43)20(40)33-13(5-6-16(25)36)19(39)35-15(10-44)21(41)42/h11-15,43-44H,1-10,24H2,(H2,25,36)(H,32,37)(H,33,40)(H,34,38)(H,35,39)(H,41,42)(H4,26,27,30)(H4,28,29,31)/t11-,12-,13-,14-,15-/m0/s1. The maximum Gasteiger partial charge on any atom is 0.327 e. The summed E-state index contributed by atoms with van der Waals surface area (Å²) in [5.41, 5.74) is 32.3. The Kier molecular flexibility index (Phi) is 19.7. The van der Waals surface area contributed by atoms with Crippen LogP contribution in [-0.4, -0.2) is 107 Å². The number of carbonyl (C=O) groups is 6. The van der Waals surface area contributed by atoms with Crippen LogP contribution in [0, 0.1) is 0 Å². The van der Waals surface area contributed by atoms with E-state index in [4.69, 9.17) is 34.4 Å². The Balaban J connectivity index is 5.67. The number of nitrogens with zero attached hydrogens (tertiary/aromatic N) is 2. The Morgan fingerprint density at radius 2 is 1.02 bits per heavy atom. The largest absolute Gasteiger partial charge is 0.480 e. The Morgan fingerprint density at radius 1 is 0.614 bits per heavy atom. The van der Waals surface area contributed by atoms with E-state index in [1.54, 1.807) is 0 Å². The van der Waals surface area contributed by atoms with Gasteiger partial charge in [0.1, 0.15) is 24.2 Å². The number of primary amides is 1. The van der Waals surface area contributed by atoms with Gasteiger partial charge >= 0.3 is 5.97 Å². The molecule has 0 spiro atoms. The second-order valence-corrected chi connectivity index (χ2v) is 10.2. The summed E-state index contributed by atoms with van der Waals surface area (Å²) in [6.45, 7) is 0.387. The van der Waals surface area contributed by atoms with Crippen molar-refractivity contribution < 1.29 is 33.9 Å². The summed E-state index contributed by atoms with van der Waals surface area (Å²) in [6, 6.07) is -6.25. The zero-order valence-corrected chi connectivity index (χ0v) is 25.9. The molecule has 0 aromatic heterocycles. The van der Waals surface area contributed by atoms with Crippen molar-refractivity contribution in [2.45, 2.75) is 68.7 Å². The molecule has 0 saturated carbocycles. The van der Waals surface area contributed by atoms with Gasteiger partial charge in [0.2, 0.25) is 29.5 Å². The molecule has 5 amide bonds. The molecule has 0 radical (unpaired) electrons. The number of guanidine groups is 2. The number of amides is 5. The maximum absolute atomic E-state index is 13.2. The Morgan fingerprint density at radius 3 is 1.48 bits per heavy atom. The number of thiol groups is 2. The molecule has 0 bridgehead atoms. The van der Waals surface area contributed by atoms with Gasteiger partial charge in [0, 0.05) is 31.0 Å². The second kappa shape index (κ2) is 21.7. The summed E-state index contributed by atoms with van der Waals surface area (Å²) in [6.07, 6.45) is 0.340. The van der Waals surface area contributed by atoms with E-state index in [-0.39, 0.29) is 68.6 Å². The summed E-state index contributed by atoms with van der Waals surface area (Å²) in [7, 11) is 0. The van der Waals surface area contributed by atoms with Gasteiger partial charge in [-0.1, -0.05) is 0 Å². The van der Waals surface area contributed by atoms with Gasteiger partial charge in [0.15, 0.2) is 11.9 Å². The highest BCUT2D eigenvalue weighted by Gasteiger charge is 2.31. The van der Waals surface area contributed by atoms with Crippen LogP contribution in [0.15, 0.2) is 9.98 Å². The first-order chi connectivity index (χ1) is 20.6. The van der Waals surface area contributed by atoms with Gasteiger partial charge in [-0.3, -0.25) is 34.0 Å². The predicted octanol–water partition coefficient (Wildman–Crippen LogP) is -5.43. The highest BCUT2D eigenvalue weighted by molar-refractivity contribution is 7.80. The lowest BCUT2D eigenvalue weighted by atomic mass is 10.1. The van der Waals surface area contributed by atoms with Crippen LogP contribution in [0.25, 0.3) is 0 Å². The lowest BCUT2D eigenvalue weighted by molar-refractivity contribution is -0.141. The SMILES string of the molecule is NC(=O)CC[C@H](NC(=O)[C@H](CS)NC(=O)[C@H](CCCN=C(N)N)NC(=O)[C@@H](N)CCCN=C(N)N)C(=O)N[C@@H](CS)C(=O)O. The number of nitrogens with one attached hydrogen (secondary N) is 4. The molecular weight excluding hydrogens is 620 g/mol. The third-order valence-corrected chi connectivity index (χ3v) is 6.54. The van der Waals surface area contributed by atoms with Gasteiger partial charge in [0.05, 0.1) is 6.04 Å². The van der Waals surface area contributed by atoms with Crippen LogP contribution in [0.4, 0.5) is 0 Å². The molecule has 0 heterocycles. The van der Waals surface area contributed by atoms with Crippen molar-refractivity contribution in [3.63, 3.8) is 0 Å². The highest BCUT2D eigenvalue weighted by atomic mass is 32.1. The molecule has 0 rings (SSSR count). The highest BCUT2D eigenvalue weighted by Crippen LogP contribution is 2.05. The molecule has 0 aromatic rings. The number of aliphatic imine (C=N–C) groups is 2. The quantitative estimate of drug-likeness (QED) is 0.0223. The first kappa shape index (κ1) is 40.0. The molecule has 0 unspecified atom stereocenters. The number of carboxylic acid groups (broad SMARTS) is 1. The Bertz CT molecular complexity index is 1050. The Hall–Kier alpha value is -3.98. The lowest BCUT2D eigenvalue weighted by Gasteiger charge is -2.25. The van der Waals surface area contributed by atoms with E-state index in [9.17, 15) is 33.9 Å². The molecule has 0 fully saturated rings. The van der Waals surface area contributed by atoms with E-state index in [1.165, 1.54) is 0 Å². The third kappa shape index (κ3) is 17.2. The van der Waals surface area contributed by atoms with Gasteiger partial charge < -0.3 is 60.8 Å². The van der Waals surface area contributed by atoms with E-state index in [0.717, 1.165) is 0 Å². The molecule has 44 heavy (non-hydrogen) atoms. The number of carbonyl (C=O) groups excluding carboxylic acids is 5. The number of nitrogens with two attached hydrogens (primary N) is 6. The van der Waals surface area contributed by atoms with Gasteiger partial charge in [-0.15, -0.1) is 0 Å². The van der Waals surface area contributed by atoms with E-state index in [0.29, 0.717) is 6.42 Å². The molecule has 5 atom stereocenters. The summed E-state index contributed by atoms with van der Waals surface area (Å²) < 4.78 is 0. The van der Waals surface area contributed by atoms with E-state index in [1.807, 2.05) is 0 Å². The van der Waals surface area contributed by atoms with E-state index >= 15 is 0 Å². The number of carboxylic acids is 1. The second-order valence-electron chi connectivity index (χ2n) is 9.46. The first-order valence-corrected chi connectivity index (χ1v) is 14.7. The van der Waals surface area contributed by atoms with Crippen molar-refractivity contribution in [3.05, 3.63) is 0 Å². The van der Waals surface area contributed by atoms with E-state index in [2.05, 4.69) is 56.5 Å². The molecule has 17 N–H and O–H groups in total. The van der Waals surface area contributed by atoms with Crippen LogP contribution in [0.2, 0.25) is 0 Å². The predicted molar refractivity (Wildman–Crippen MR) is 169 cm³/mol. The zero-order valence-electron chi connectivity index (χ0n) is 24.1. The van der Waals surface area contributed by atoms with Crippen LogP contribution in [0.1, 0.15) is 38.5 Å². The maximum atomic E-state index is 13.2. The number of aliphatic carboxylic acids is 1. The summed E-state index contributed by atoms with van der Waals surface area (Å²) in [5, 5.41) is 18.8. The van der Waals surface area contributed by atoms with Crippen LogP contribution in [-0.2, 0) is 28.8 Å². The Labute approximate surface area is 265 Å². The van der Waals surface area contributed by atoms with Crippen molar-refractivity contribution in [3.8, 4) is 0 Å². The minimum Gasteiger partial charge on any atom is -0.480 e. The van der Waals surface area contributed by atoms with Crippen LogP contribution >= 0.6 is 25.3 Å². The average molecular weight is 665 g/mol. The minimum atomic E-state index is -1.39. The van der Waals surface area contributed by atoms with Crippen molar-refractivity contribution >= 4 is 72.7 Å². The number of hydrogen-bond acceptors (Lipinski definition) is 11. The summed E-state index contributed by atoms with van der Waals surface area (Å²) in [4.78, 5) is 82.0. The molecule has 0 aliphatic carbocycles. The fourth-order valence-electron chi connectivity index (χ4n) is 3.45. The number of hydrogen-bond donors (Lipinski definition) is 13. The third-order valence-electron chi connectivity index (χ3n) is 5.81. The van der Waals surface area contributed by atoms with Crippen molar-refractivity contribution in [2.75, 3.05) is 24.6 Å². The van der Waals surface area contributed by atoms with E-state index < -0.39 is 65.7 Å². The van der Waals surface area contributed by atoms with Crippen LogP contribution in [0.3, 0.4) is 0 Å². The van der Waals surface area contributed by atoms with Crippen molar-refractivity contribution in [1.82, 2.24) is 21.3 Å². The molecule has 21 heteroatoms. The minimum absolute atomic E-state index is 0.0555. The summed E-state index contributed by atoms with van der Waals surface area (Å²) >= 11 is 7.98. The summed E-state index contributed by atoms with van der Waals surface area (Å²) in [5.74, 6) is -6.11. The molecule has 250 valence electrons. The first-order valence-electron chi connectivity index (χ1n) is 13.4. The fourth-order valence-corrected chi connectivity index (χ4v) is 3.96. The average Bonchev–Trinajstić information content (AvgIpc) is 2.95. The normalized spacial score (nSPS) is 14.0. The fraction of sp³-hybridized carbons (Fsp3) is 0.652. The molecule has 0 aromatic carbocycles. The smallest absolute Gasteiger partial charge is 0.327 e. The monoisotopic (exact) mass is 664 g/mol. The van der Waals surface area contributed by atoms with Gasteiger partial charge in [-0.05, 0) is 32.1 Å².